The van der Waals surface area contributed by atoms with Crippen LogP contribution < -0.4 is 14.8 Å². The Morgan fingerprint density at radius 2 is 2.28 bits per heavy atom. The highest BCUT2D eigenvalue weighted by molar-refractivity contribution is 6.32. The van der Waals surface area contributed by atoms with E-state index in [1.165, 1.54) is 6.07 Å². The number of hydrogen-bond acceptors (Lipinski definition) is 4. The Morgan fingerprint density at radius 1 is 1.44 bits per heavy atom. The van der Waals surface area contributed by atoms with Crippen LogP contribution in [0, 0.1) is 0 Å². The maximum Gasteiger partial charge on any atom is 0.205 e. The maximum atomic E-state index is 9.72. The number of fused-ring (bicyclic) bond motifs is 1. The number of phenolic OH excluding ortho intramolecular Hbond substituents is 1. The molecule has 1 aliphatic heterocycles. The third kappa shape index (κ3) is 3.00. The standard InChI is InChI=1S/C13H18ClNO3/c1-2-3-6-15-7-9-8-17-12-10(14)4-5-11(16)13(12)18-9/h4-5,9,15-16H,2-3,6-8H2,1H3. The van der Waals surface area contributed by atoms with E-state index in [2.05, 4.69) is 12.2 Å². The van der Waals surface area contributed by atoms with Gasteiger partial charge in [0, 0.05) is 6.54 Å². The first-order valence-electron chi connectivity index (χ1n) is 6.24. The molecule has 0 radical (unpaired) electrons. The number of benzene rings is 1. The molecule has 5 heteroatoms. The molecule has 1 unspecified atom stereocenters. The van der Waals surface area contributed by atoms with E-state index < -0.39 is 0 Å². The largest absolute Gasteiger partial charge is 0.504 e. The van der Waals surface area contributed by atoms with E-state index in [0.717, 1.165) is 19.4 Å². The summed E-state index contributed by atoms with van der Waals surface area (Å²) < 4.78 is 11.2. The predicted molar refractivity (Wildman–Crippen MR) is 70.8 cm³/mol. The van der Waals surface area contributed by atoms with Gasteiger partial charge in [-0.2, -0.15) is 0 Å². The second-order valence-corrected chi connectivity index (χ2v) is 4.74. The second kappa shape index (κ2) is 6.16. The number of ether oxygens (including phenoxy) is 2. The van der Waals surface area contributed by atoms with Crippen molar-refractivity contribution < 1.29 is 14.6 Å². The van der Waals surface area contributed by atoms with Gasteiger partial charge in [-0.15, -0.1) is 0 Å². The van der Waals surface area contributed by atoms with Crippen LogP contribution in [0.15, 0.2) is 12.1 Å². The SMILES string of the molecule is CCCCNCC1COc2c(Cl)ccc(O)c2O1. The average molecular weight is 272 g/mol. The molecule has 4 nitrogen and oxygen atoms in total. The summed E-state index contributed by atoms with van der Waals surface area (Å²) in [5.74, 6) is 0.838. The zero-order valence-electron chi connectivity index (χ0n) is 10.4. The van der Waals surface area contributed by atoms with E-state index >= 15 is 0 Å². The predicted octanol–water partition coefficient (Wildman–Crippen LogP) is 2.58. The normalized spacial score (nSPS) is 17.8. The number of halogens is 1. The fourth-order valence-electron chi connectivity index (χ4n) is 1.82. The fourth-order valence-corrected chi connectivity index (χ4v) is 2.02. The van der Waals surface area contributed by atoms with E-state index in [9.17, 15) is 5.11 Å². The highest BCUT2D eigenvalue weighted by Gasteiger charge is 2.25. The summed E-state index contributed by atoms with van der Waals surface area (Å²) in [5, 5.41) is 13.5. The summed E-state index contributed by atoms with van der Waals surface area (Å²) in [6, 6.07) is 3.11. The Hall–Kier alpha value is -1.13. The van der Waals surface area contributed by atoms with Crippen molar-refractivity contribution in [3.05, 3.63) is 17.2 Å². The third-order valence-corrected chi connectivity index (χ3v) is 3.12. The number of phenols is 1. The molecule has 0 aromatic heterocycles. The highest BCUT2D eigenvalue weighted by Crippen LogP contribution is 2.44. The number of hydrogen-bond donors (Lipinski definition) is 2. The lowest BCUT2D eigenvalue weighted by Gasteiger charge is -2.27. The van der Waals surface area contributed by atoms with Crippen molar-refractivity contribution in [2.24, 2.45) is 0 Å². The average Bonchev–Trinajstić information content (AvgIpc) is 2.39. The Morgan fingerprint density at radius 3 is 3.06 bits per heavy atom. The van der Waals surface area contributed by atoms with Gasteiger partial charge in [0.2, 0.25) is 5.75 Å². The minimum Gasteiger partial charge on any atom is -0.504 e. The topological polar surface area (TPSA) is 50.7 Å². The van der Waals surface area contributed by atoms with Gasteiger partial charge in [0.05, 0.1) is 5.02 Å². The summed E-state index contributed by atoms with van der Waals surface area (Å²) >= 11 is 5.98. The molecule has 1 aliphatic rings. The smallest absolute Gasteiger partial charge is 0.205 e. The molecule has 100 valence electrons. The summed E-state index contributed by atoms with van der Waals surface area (Å²) in [5.41, 5.74) is 0. The van der Waals surface area contributed by atoms with Gasteiger partial charge in [-0.1, -0.05) is 24.9 Å². The van der Waals surface area contributed by atoms with Crippen LogP contribution in [0.2, 0.25) is 5.02 Å². The van der Waals surface area contributed by atoms with Crippen LogP contribution in [0.5, 0.6) is 17.2 Å². The number of aromatic hydroxyl groups is 1. The van der Waals surface area contributed by atoms with E-state index in [1.54, 1.807) is 6.07 Å². The van der Waals surface area contributed by atoms with E-state index in [1.807, 2.05) is 0 Å². The summed E-state index contributed by atoms with van der Waals surface area (Å²) in [6.45, 7) is 4.25. The molecule has 0 bridgehead atoms. The number of rotatable bonds is 5. The van der Waals surface area contributed by atoms with Gasteiger partial charge in [-0.25, -0.2) is 0 Å². The molecule has 0 fully saturated rings. The second-order valence-electron chi connectivity index (χ2n) is 4.33. The van der Waals surface area contributed by atoms with Crippen LogP contribution in [0.1, 0.15) is 19.8 Å². The molecule has 2 N–H and O–H groups in total. The lowest BCUT2D eigenvalue weighted by Crippen LogP contribution is -2.38. The van der Waals surface area contributed by atoms with E-state index in [4.69, 9.17) is 21.1 Å². The molecule has 0 amide bonds. The lowest BCUT2D eigenvalue weighted by atomic mass is 10.2. The quantitative estimate of drug-likeness (QED) is 0.808. The molecule has 0 saturated carbocycles. The monoisotopic (exact) mass is 271 g/mol. The molecular weight excluding hydrogens is 254 g/mol. The van der Waals surface area contributed by atoms with Gasteiger partial charge >= 0.3 is 0 Å². The van der Waals surface area contributed by atoms with Gasteiger partial charge < -0.3 is 19.9 Å². The Kier molecular flexibility index (Phi) is 4.55. The van der Waals surface area contributed by atoms with Crippen LogP contribution >= 0.6 is 11.6 Å². The third-order valence-electron chi connectivity index (χ3n) is 2.82. The molecule has 1 aromatic rings. The fraction of sp³-hybridized carbons (Fsp3) is 0.538. The molecular formula is C13H18ClNO3. The lowest BCUT2D eigenvalue weighted by molar-refractivity contribution is 0.0868. The van der Waals surface area contributed by atoms with Crippen molar-refractivity contribution in [1.29, 1.82) is 0 Å². The zero-order valence-corrected chi connectivity index (χ0v) is 11.2. The van der Waals surface area contributed by atoms with Crippen LogP contribution in [0.25, 0.3) is 0 Å². The molecule has 0 saturated heterocycles. The first-order valence-corrected chi connectivity index (χ1v) is 6.61. The maximum absolute atomic E-state index is 9.72. The Bertz CT molecular complexity index is 411. The summed E-state index contributed by atoms with van der Waals surface area (Å²) in [7, 11) is 0. The first-order chi connectivity index (χ1) is 8.72. The Balaban J connectivity index is 1.95. The minimum atomic E-state index is -0.0984. The van der Waals surface area contributed by atoms with E-state index in [0.29, 0.717) is 29.7 Å². The molecule has 0 spiro atoms. The van der Waals surface area contributed by atoms with Gasteiger partial charge in [-0.05, 0) is 25.1 Å². The van der Waals surface area contributed by atoms with Crippen LogP contribution in [0.3, 0.4) is 0 Å². The highest BCUT2D eigenvalue weighted by atomic mass is 35.5. The number of unbranched alkanes of at least 4 members (excludes halogenated alkanes) is 1. The number of nitrogens with one attached hydrogen (secondary N) is 1. The van der Waals surface area contributed by atoms with Crippen molar-refractivity contribution >= 4 is 11.6 Å². The van der Waals surface area contributed by atoms with Crippen molar-refractivity contribution in [2.45, 2.75) is 25.9 Å². The summed E-state index contributed by atoms with van der Waals surface area (Å²) in [4.78, 5) is 0. The van der Waals surface area contributed by atoms with Crippen LogP contribution in [0.4, 0.5) is 0 Å². The Labute approximate surface area is 112 Å². The molecule has 1 atom stereocenters. The van der Waals surface area contributed by atoms with Gasteiger partial charge in [-0.3, -0.25) is 0 Å². The van der Waals surface area contributed by atoms with Crippen molar-refractivity contribution in [1.82, 2.24) is 5.32 Å². The van der Waals surface area contributed by atoms with Gasteiger partial charge in [0.25, 0.3) is 0 Å². The van der Waals surface area contributed by atoms with Crippen molar-refractivity contribution in [3.63, 3.8) is 0 Å². The first kappa shape index (κ1) is 13.3. The zero-order chi connectivity index (χ0) is 13.0. The van der Waals surface area contributed by atoms with Crippen molar-refractivity contribution in [2.75, 3.05) is 19.7 Å². The van der Waals surface area contributed by atoms with E-state index in [-0.39, 0.29) is 11.9 Å². The molecule has 1 aromatic carbocycles. The summed E-state index contributed by atoms with van der Waals surface area (Å²) in [6.07, 6.45) is 2.20. The van der Waals surface area contributed by atoms with Crippen molar-refractivity contribution in [3.8, 4) is 17.2 Å². The minimum absolute atomic E-state index is 0.0626. The van der Waals surface area contributed by atoms with Crippen LogP contribution in [-0.4, -0.2) is 30.9 Å². The van der Waals surface area contributed by atoms with Gasteiger partial charge in [0.1, 0.15) is 12.7 Å². The molecule has 18 heavy (non-hydrogen) atoms. The molecule has 1 heterocycles. The molecule has 2 rings (SSSR count). The van der Waals surface area contributed by atoms with Crippen LogP contribution in [-0.2, 0) is 0 Å². The molecule has 0 aliphatic carbocycles. The van der Waals surface area contributed by atoms with Gasteiger partial charge in [0.15, 0.2) is 11.5 Å².